The highest BCUT2D eigenvalue weighted by Crippen LogP contribution is 2.24. The average Bonchev–Trinajstić information content (AvgIpc) is 3.48. The maximum atomic E-state index is 13.9. The molecule has 0 amide bonds. The first-order valence-corrected chi connectivity index (χ1v) is 9.35. The number of aromatic nitrogens is 6. The summed E-state index contributed by atoms with van der Waals surface area (Å²) in [4.78, 5) is 8.91. The molecule has 30 heavy (non-hydrogen) atoms. The lowest BCUT2D eigenvalue weighted by Crippen LogP contribution is -2.29. The zero-order valence-electron chi connectivity index (χ0n) is 15.6. The van der Waals surface area contributed by atoms with Gasteiger partial charge in [-0.15, -0.1) is 0 Å². The Morgan fingerprint density at radius 2 is 2.00 bits per heavy atom. The molecule has 8 nitrogen and oxygen atoms in total. The van der Waals surface area contributed by atoms with Crippen LogP contribution in [0.15, 0.2) is 48.9 Å². The van der Waals surface area contributed by atoms with Gasteiger partial charge in [-0.05, 0) is 24.3 Å². The summed E-state index contributed by atoms with van der Waals surface area (Å²) in [6, 6.07) is 8.49. The molecule has 0 unspecified atom stereocenters. The van der Waals surface area contributed by atoms with Crippen LogP contribution in [0.25, 0.3) is 28.3 Å². The molecule has 5 heterocycles. The number of fused-ring (bicyclic) bond motifs is 1. The first kappa shape index (κ1) is 18.6. The van der Waals surface area contributed by atoms with Crippen LogP contribution in [-0.2, 0) is 0 Å². The highest BCUT2D eigenvalue weighted by molar-refractivity contribution is 5.64. The van der Waals surface area contributed by atoms with Crippen molar-refractivity contribution < 1.29 is 13.2 Å². The number of imidazole rings is 1. The number of anilines is 1. The minimum absolute atomic E-state index is 0.319. The maximum absolute atomic E-state index is 13.9. The Bertz CT molecular complexity index is 1190. The van der Waals surface area contributed by atoms with Gasteiger partial charge in [0.2, 0.25) is 0 Å². The van der Waals surface area contributed by atoms with Gasteiger partial charge in [0.1, 0.15) is 17.7 Å². The summed E-state index contributed by atoms with van der Waals surface area (Å²) in [6.07, 6.45) is 3.23. The molecule has 1 saturated heterocycles. The van der Waals surface area contributed by atoms with Crippen LogP contribution in [-0.4, -0.2) is 54.7 Å². The second-order valence-corrected chi connectivity index (χ2v) is 6.95. The number of alkyl halides is 3. The van der Waals surface area contributed by atoms with Crippen molar-refractivity contribution in [2.24, 2.45) is 0 Å². The van der Waals surface area contributed by atoms with E-state index in [-0.39, 0.29) is 6.04 Å². The zero-order valence-corrected chi connectivity index (χ0v) is 15.6. The van der Waals surface area contributed by atoms with Gasteiger partial charge in [-0.3, -0.25) is 0 Å². The van der Waals surface area contributed by atoms with E-state index in [4.69, 9.17) is 0 Å². The average molecular weight is 414 g/mol. The van der Waals surface area contributed by atoms with Crippen molar-refractivity contribution in [3.63, 3.8) is 0 Å². The van der Waals surface area contributed by atoms with Crippen LogP contribution in [0, 0.1) is 0 Å². The van der Waals surface area contributed by atoms with Crippen molar-refractivity contribution in [2.45, 2.75) is 18.8 Å². The summed E-state index contributed by atoms with van der Waals surface area (Å²) in [6.45, 7) is -1.87. The van der Waals surface area contributed by atoms with E-state index in [2.05, 4.69) is 30.8 Å². The smallest absolute Gasteiger partial charge is 0.333 e. The van der Waals surface area contributed by atoms with Gasteiger partial charge in [-0.1, -0.05) is 6.07 Å². The molecule has 1 fully saturated rings. The van der Waals surface area contributed by atoms with Crippen molar-refractivity contribution >= 4 is 11.5 Å². The molecule has 0 saturated carbocycles. The predicted molar refractivity (Wildman–Crippen MR) is 104 cm³/mol. The number of hydrogen-bond acceptors (Lipinski definition) is 6. The molecule has 0 radical (unpaired) electrons. The van der Waals surface area contributed by atoms with Crippen LogP contribution >= 0.6 is 0 Å². The van der Waals surface area contributed by atoms with Gasteiger partial charge < -0.3 is 10.6 Å². The molecule has 11 heteroatoms. The van der Waals surface area contributed by atoms with Crippen LogP contribution in [0.3, 0.4) is 0 Å². The second kappa shape index (κ2) is 7.41. The third-order valence-electron chi connectivity index (χ3n) is 4.94. The molecule has 0 aromatic carbocycles. The standard InChI is InChI=1S/C19H17F3N8/c20-12-7-23-8-15(12)27-17-3-1-2-14(26-17)16-9-24-18-5-4-13(28-30(16)18)11-6-25-29(10-11)19(21)22/h1-6,9-10,12,15,19,23H,7-8H2,(H,26,27)/t12-,15-/m0/s1. The Labute approximate surface area is 168 Å². The van der Waals surface area contributed by atoms with E-state index in [1.165, 1.54) is 12.4 Å². The summed E-state index contributed by atoms with van der Waals surface area (Å²) in [5.74, 6) is 0.549. The molecule has 4 aromatic rings. The lowest BCUT2D eigenvalue weighted by atomic mass is 10.2. The van der Waals surface area contributed by atoms with Gasteiger partial charge in [0.25, 0.3) is 0 Å². The lowest BCUT2D eigenvalue weighted by Gasteiger charge is -2.15. The van der Waals surface area contributed by atoms with Crippen molar-refractivity contribution in [3.05, 3.63) is 48.9 Å². The Kier molecular flexibility index (Phi) is 4.58. The maximum Gasteiger partial charge on any atom is 0.333 e. The topological polar surface area (TPSA) is 85.0 Å². The van der Waals surface area contributed by atoms with Gasteiger partial charge in [-0.2, -0.15) is 19.0 Å². The molecular formula is C19H17F3N8. The van der Waals surface area contributed by atoms with Crippen LogP contribution < -0.4 is 10.6 Å². The van der Waals surface area contributed by atoms with Crippen molar-refractivity contribution in [1.82, 2.24) is 34.7 Å². The minimum Gasteiger partial charge on any atom is -0.363 e. The quantitative estimate of drug-likeness (QED) is 0.523. The Morgan fingerprint density at radius 3 is 2.77 bits per heavy atom. The highest BCUT2D eigenvalue weighted by atomic mass is 19.3. The van der Waals surface area contributed by atoms with Gasteiger partial charge in [0, 0.05) is 24.8 Å². The lowest BCUT2D eigenvalue weighted by molar-refractivity contribution is 0.0566. The minimum atomic E-state index is -2.72. The molecule has 4 aromatic heterocycles. The third kappa shape index (κ3) is 3.36. The number of pyridine rings is 1. The van der Waals surface area contributed by atoms with E-state index in [1.54, 1.807) is 35.0 Å². The number of rotatable bonds is 5. The Morgan fingerprint density at radius 1 is 1.10 bits per heavy atom. The third-order valence-corrected chi connectivity index (χ3v) is 4.94. The molecule has 2 N–H and O–H groups in total. The molecular weight excluding hydrogens is 397 g/mol. The fourth-order valence-corrected chi connectivity index (χ4v) is 3.41. The normalized spacial score (nSPS) is 19.1. The molecule has 2 atom stereocenters. The Hall–Kier alpha value is -3.47. The van der Waals surface area contributed by atoms with Gasteiger partial charge in [0.05, 0.1) is 29.8 Å². The van der Waals surface area contributed by atoms with Gasteiger partial charge in [0.15, 0.2) is 5.65 Å². The zero-order chi connectivity index (χ0) is 20.7. The van der Waals surface area contributed by atoms with E-state index in [0.29, 0.717) is 51.9 Å². The van der Waals surface area contributed by atoms with Crippen molar-refractivity contribution in [2.75, 3.05) is 18.4 Å². The van der Waals surface area contributed by atoms with Crippen LogP contribution in [0.2, 0.25) is 0 Å². The molecule has 0 bridgehead atoms. The molecule has 0 spiro atoms. The summed E-state index contributed by atoms with van der Waals surface area (Å²) in [5, 5.41) is 14.3. The molecule has 1 aliphatic rings. The SMILES string of the molecule is FC(F)n1cc(-c2ccc3ncc(-c4cccc(N[C@H]5CNC[C@@H]5F)n4)n3n2)cn1. The van der Waals surface area contributed by atoms with E-state index in [1.807, 2.05) is 6.07 Å². The number of halogens is 3. The van der Waals surface area contributed by atoms with Crippen LogP contribution in [0.4, 0.5) is 19.0 Å². The summed E-state index contributed by atoms with van der Waals surface area (Å²) < 4.78 is 41.7. The highest BCUT2D eigenvalue weighted by Gasteiger charge is 2.26. The monoisotopic (exact) mass is 414 g/mol. The first-order chi connectivity index (χ1) is 14.6. The van der Waals surface area contributed by atoms with Crippen molar-refractivity contribution in [3.8, 4) is 22.6 Å². The molecule has 154 valence electrons. The fraction of sp³-hybridized carbons (Fsp3) is 0.263. The van der Waals surface area contributed by atoms with Gasteiger partial charge in [-0.25, -0.2) is 23.6 Å². The predicted octanol–water partition coefficient (Wildman–Crippen LogP) is 2.77. The molecule has 5 rings (SSSR count). The summed E-state index contributed by atoms with van der Waals surface area (Å²) in [5.41, 5.74) is 2.74. The van der Waals surface area contributed by atoms with Crippen molar-refractivity contribution in [1.29, 1.82) is 0 Å². The largest absolute Gasteiger partial charge is 0.363 e. The number of nitrogens with zero attached hydrogens (tertiary/aromatic N) is 6. The van der Waals surface area contributed by atoms with E-state index in [0.717, 1.165) is 0 Å². The number of hydrogen-bond donors (Lipinski definition) is 2. The molecule has 1 aliphatic heterocycles. The van der Waals surface area contributed by atoms with Crippen LogP contribution in [0.5, 0.6) is 0 Å². The number of nitrogens with one attached hydrogen (secondary N) is 2. The van der Waals surface area contributed by atoms with Gasteiger partial charge >= 0.3 is 6.55 Å². The first-order valence-electron chi connectivity index (χ1n) is 9.35. The van der Waals surface area contributed by atoms with E-state index < -0.39 is 12.7 Å². The summed E-state index contributed by atoms with van der Waals surface area (Å²) in [7, 11) is 0. The molecule has 0 aliphatic carbocycles. The second-order valence-electron chi connectivity index (χ2n) is 6.95. The van der Waals surface area contributed by atoms with E-state index in [9.17, 15) is 13.2 Å². The van der Waals surface area contributed by atoms with E-state index >= 15 is 0 Å². The Balaban J connectivity index is 1.49. The summed E-state index contributed by atoms with van der Waals surface area (Å²) >= 11 is 0. The fourth-order valence-electron chi connectivity index (χ4n) is 3.41. The van der Waals surface area contributed by atoms with Crippen LogP contribution in [0.1, 0.15) is 6.55 Å².